The van der Waals surface area contributed by atoms with Crippen LogP contribution in [0.5, 0.6) is 0 Å². The minimum atomic E-state index is -0.336. The van der Waals surface area contributed by atoms with Gasteiger partial charge in [0.05, 0.1) is 6.54 Å². The number of nitrogens with one attached hydrogen (secondary N) is 1. The van der Waals surface area contributed by atoms with E-state index in [0.717, 1.165) is 18.4 Å². The summed E-state index contributed by atoms with van der Waals surface area (Å²) in [7, 11) is 1.63. The number of carbonyl (C=O) groups excluding carboxylic acids is 2. The van der Waals surface area contributed by atoms with Crippen LogP contribution in [0.3, 0.4) is 0 Å². The van der Waals surface area contributed by atoms with Gasteiger partial charge in [-0.25, -0.2) is 0 Å². The van der Waals surface area contributed by atoms with Gasteiger partial charge >= 0.3 is 0 Å². The molecule has 0 aromatic heterocycles. The molecule has 0 saturated heterocycles. The first kappa shape index (κ1) is 17.5. The number of likely N-dealkylation sites (N-methyl/N-ethyl adjacent to an activating group) is 1. The molecule has 5 nitrogen and oxygen atoms in total. The standard InChI is InChI=1S/C15H21N3O2.ClH/c1-18(10-14(19)17-12-7-8-12)15(20)9-13(16)11-5-3-2-4-6-11;/h2-6,12-13H,7-10,16H2,1H3,(H,17,19);1H. The fourth-order valence-electron chi connectivity index (χ4n) is 1.97. The van der Waals surface area contributed by atoms with Crippen LogP contribution in [-0.4, -0.2) is 36.3 Å². The second kappa shape index (κ2) is 8.00. The quantitative estimate of drug-likeness (QED) is 0.830. The average molecular weight is 312 g/mol. The van der Waals surface area contributed by atoms with Crippen LogP contribution in [0.4, 0.5) is 0 Å². The molecule has 1 aliphatic rings. The summed E-state index contributed by atoms with van der Waals surface area (Å²) in [4.78, 5) is 25.1. The third-order valence-corrected chi connectivity index (χ3v) is 3.37. The second-order valence-corrected chi connectivity index (χ2v) is 5.31. The van der Waals surface area contributed by atoms with Crippen molar-refractivity contribution in [3.05, 3.63) is 35.9 Å². The third-order valence-electron chi connectivity index (χ3n) is 3.37. The van der Waals surface area contributed by atoms with Crippen LogP contribution in [0, 0.1) is 0 Å². The van der Waals surface area contributed by atoms with E-state index in [1.54, 1.807) is 7.05 Å². The van der Waals surface area contributed by atoms with Gasteiger partial charge in [0.15, 0.2) is 0 Å². The number of rotatable bonds is 6. The minimum Gasteiger partial charge on any atom is -0.352 e. The fourth-order valence-corrected chi connectivity index (χ4v) is 1.97. The van der Waals surface area contributed by atoms with E-state index in [0.29, 0.717) is 6.04 Å². The number of nitrogens with zero attached hydrogens (tertiary/aromatic N) is 1. The second-order valence-electron chi connectivity index (χ2n) is 5.31. The van der Waals surface area contributed by atoms with Gasteiger partial charge in [0.25, 0.3) is 0 Å². The van der Waals surface area contributed by atoms with Crippen LogP contribution in [-0.2, 0) is 9.59 Å². The maximum atomic E-state index is 12.0. The van der Waals surface area contributed by atoms with Gasteiger partial charge < -0.3 is 16.0 Å². The molecule has 0 bridgehead atoms. The van der Waals surface area contributed by atoms with E-state index in [1.807, 2.05) is 30.3 Å². The van der Waals surface area contributed by atoms with Gasteiger partial charge in [0, 0.05) is 25.6 Å². The highest BCUT2D eigenvalue weighted by Crippen LogP contribution is 2.18. The van der Waals surface area contributed by atoms with E-state index in [2.05, 4.69) is 5.32 Å². The van der Waals surface area contributed by atoms with E-state index < -0.39 is 0 Å². The zero-order valence-corrected chi connectivity index (χ0v) is 12.9. The largest absolute Gasteiger partial charge is 0.352 e. The first-order valence-corrected chi connectivity index (χ1v) is 6.90. The Morgan fingerprint density at radius 2 is 1.95 bits per heavy atom. The number of amides is 2. The summed E-state index contributed by atoms with van der Waals surface area (Å²) in [6.07, 6.45) is 2.29. The maximum absolute atomic E-state index is 12.0. The van der Waals surface area contributed by atoms with E-state index in [-0.39, 0.29) is 43.2 Å². The Kier molecular flexibility index (Phi) is 6.65. The highest BCUT2D eigenvalue weighted by Gasteiger charge is 2.24. The molecule has 0 aliphatic heterocycles. The van der Waals surface area contributed by atoms with Crippen LogP contribution in [0.25, 0.3) is 0 Å². The van der Waals surface area contributed by atoms with Crippen molar-refractivity contribution in [1.29, 1.82) is 0 Å². The Balaban J connectivity index is 0.00000220. The first-order chi connectivity index (χ1) is 9.56. The van der Waals surface area contributed by atoms with Crippen molar-refractivity contribution < 1.29 is 9.59 Å². The zero-order valence-electron chi connectivity index (χ0n) is 12.1. The van der Waals surface area contributed by atoms with Crippen LogP contribution < -0.4 is 11.1 Å². The molecule has 0 radical (unpaired) electrons. The van der Waals surface area contributed by atoms with Gasteiger partial charge in [-0.05, 0) is 18.4 Å². The summed E-state index contributed by atoms with van der Waals surface area (Å²) >= 11 is 0. The van der Waals surface area contributed by atoms with Crippen molar-refractivity contribution in [2.75, 3.05) is 13.6 Å². The summed E-state index contributed by atoms with van der Waals surface area (Å²) < 4.78 is 0. The Bertz CT molecular complexity index is 477. The van der Waals surface area contributed by atoms with Gasteiger partial charge in [-0.1, -0.05) is 30.3 Å². The van der Waals surface area contributed by atoms with Crippen molar-refractivity contribution in [2.45, 2.75) is 31.3 Å². The maximum Gasteiger partial charge on any atom is 0.239 e. The number of hydrogen-bond donors (Lipinski definition) is 2. The monoisotopic (exact) mass is 311 g/mol. The molecule has 1 atom stereocenters. The normalized spacial score (nSPS) is 14.8. The number of carbonyl (C=O) groups is 2. The fraction of sp³-hybridized carbons (Fsp3) is 0.467. The molecular formula is C15H22ClN3O2. The van der Waals surface area contributed by atoms with Gasteiger partial charge in [-0.2, -0.15) is 0 Å². The number of nitrogens with two attached hydrogens (primary N) is 1. The lowest BCUT2D eigenvalue weighted by atomic mass is 10.0. The molecule has 1 aliphatic carbocycles. The highest BCUT2D eigenvalue weighted by atomic mass is 35.5. The van der Waals surface area contributed by atoms with Crippen LogP contribution in [0.1, 0.15) is 30.9 Å². The molecule has 21 heavy (non-hydrogen) atoms. The predicted molar refractivity (Wildman–Crippen MR) is 84.0 cm³/mol. The SMILES string of the molecule is CN(CC(=O)NC1CC1)C(=O)CC(N)c1ccccc1.Cl. The molecule has 116 valence electrons. The summed E-state index contributed by atoms with van der Waals surface area (Å²) in [5.41, 5.74) is 6.93. The molecule has 1 unspecified atom stereocenters. The van der Waals surface area contributed by atoms with E-state index in [1.165, 1.54) is 4.90 Å². The molecule has 2 amide bonds. The third kappa shape index (κ3) is 5.73. The smallest absolute Gasteiger partial charge is 0.239 e. The van der Waals surface area contributed by atoms with E-state index in [9.17, 15) is 9.59 Å². The molecule has 1 aromatic carbocycles. The van der Waals surface area contributed by atoms with Crippen LogP contribution in [0.2, 0.25) is 0 Å². The molecule has 1 aromatic rings. The van der Waals surface area contributed by atoms with Gasteiger partial charge in [-0.15, -0.1) is 12.4 Å². The van der Waals surface area contributed by atoms with Crippen molar-refractivity contribution in [3.63, 3.8) is 0 Å². The lowest BCUT2D eigenvalue weighted by Crippen LogP contribution is -2.40. The van der Waals surface area contributed by atoms with Crippen molar-refractivity contribution >= 4 is 24.2 Å². The van der Waals surface area contributed by atoms with Gasteiger partial charge in [0.1, 0.15) is 0 Å². The van der Waals surface area contributed by atoms with Crippen molar-refractivity contribution in [3.8, 4) is 0 Å². The van der Waals surface area contributed by atoms with Crippen LogP contribution in [0.15, 0.2) is 30.3 Å². The summed E-state index contributed by atoms with van der Waals surface area (Å²) in [5, 5.41) is 2.86. The predicted octanol–water partition coefficient (Wildman–Crippen LogP) is 1.24. The molecule has 2 rings (SSSR count). The first-order valence-electron chi connectivity index (χ1n) is 6.90. The Morgan fingerprint density at radius 1 is 1.33 bits per heavy atom. The van der Waals surface area contributed by atoms with Crippen molar-refractivity contribution in [1.82, 2.24) is 10.2 Å². The molecule has 6 heteroatoms. The Hall–Kier alpha value is -1.59. The van der Waals surface area contributed by atoms with Gasteiger partial charge in [-0.3, -0.25) is 9.59 Å². The Morgan fingerprint density at radius 3 is 2.52 bits per heavy atom. The number of benzene rings is 1. The summed E-state index contributed by atoms with van der Waals surface area (Å²) in [6, 6.07) is 9.48. The molecular weight excluding hydrogens is 290 g/mol. The molecule has 1 fully saturated rings. The minimum absolute atomic E-state index is 0. The average Bonchev–Trinajstić information content (AvgIpc) is 3.23. The van der Waals surface area contributed by atoms with Crippen molar-refractivity contribution in [2.24, 2.45) is 5.73 Å². The van der Waals surface area contributed by atoms with Gasteiger partial charge in [0.2, 0.25) is 11.8 Å². The lowest BCUT2D eigenvalue weighted by molar-refractivity contribution is -0.135. The summed E-state index contributed by atoms with van der Waals surface area (Å²) in [5.74, 6) is -0.219. The Labute approximate surface area is 131 Å². The highest BCUT2D eigenvalue weighted by molar-refractivity contribution is 5.85. The molecule has 3 N–H and O–H groups in total. The summed E-state index contributed by atoms with van der Waals surface area (Å²) in [6.45, 7) is 0.0941. The van der Waals surface area contributed by atoms with E-state index >= 15 is 0 Å². The van der Waals surface area contributed by atoms with Crippen LogP contribution >= 0.6 is 12.4 Å². The zero-order chi connectivity index (χ0) is 14.5. The molecule has 0 heterocycles. The lowest BCUT2D eigenvalue weighted by Gasteiger charge is -2.19. The van der Waals surface area contributed by atoms with E-state index in [4.69, 9.17) is 5.73 Å². The molecule has 0 spiro atoms. The molecule has 1 saturated carbocycles. The number of halogens is 1. The topological polar surface area (TPSA) is 75.4 Å². The number of hydrogen-bond acceptors (Lipinski definition) is 3.